The minimum atomic E-state index is 0.0804. The maximum absolute atomic E-state index is 10.6. The Morgan fingerprint density at radius 3 is 0.860 bits per heavy atom. The van der Waals surface area contributed by atoms with Crippen molar-refractivity contribution in [2.45, 2.75) is 12.8 Å². The van der Waals surface area contributed by atoms with E-state index in [1.807, 2.05) is 36.4 Å². The van der Waals surface area contributed by atoms with Crippen LogP contribution in [-0.2, 0) is 12.8 Å². The Hall–Kier alpha value is -6.94. The highest BCUT2D eigenvalue weighted by atomic mass is 16.3. The Labute approximate surface area is 287 Å². The van der Waals surface area contributed by atoms with E-state index in [4.69, 9.17) is 0 Å². The molecule has 0 aliphatic carbocycles. The van der Waals surface area contributed by atoms with E-state index in [0.29, 0.717) is 67.8 Å². The second-order valence-corrected chi connectivity index (χ2v) is 11.6. The molecule has 0 radical (unpaired) electrons. The molecule has 4 aromatic carbocycles. The average Bonchev–Trinajstić information content (AvgIpc) is 3.13. The number of aliphatic imine (C=N–C) groups is 4. The number of nitrogens with zero attached hydrogens (tertiary/aromatic N) is 6. The van der Waals surface area contributed by atoms with Crippen LogP contribution in [-0.4, -0.2) is 55.3 Å². The Balaban J connectivity index is 1.28. The van der Waals surface area contributed by atoms with Gasteiger partial charge in [-0.3, -0.25) is 20.0 Å². The van der Waals surface area contributed by atoms with E-state index in [-0.39, 0.29) is 35.8 Å². The standard InChI is InChI=1S/C40H30N6O4/c47-37-11-7-29-17-25(37)15-27-19-31(9-13-39(27)49)43-23-35-5-2-6-36(46-35)24-44-32-10-14-40(50)28(20-32)16-26-18-30(8-12-38(26)48)42-22-34-4-1-3-33(45-34)21-41-29/h1-14,17-24,47-50H,15-16H2. The van der Waals surface area contributed by atoms with E-state index in [1.54, 1.807) is 97.7 Å². The summed E-state index contributed by atoms with van der Waals surface area (Å²) >= 11 is 0. The molecule has 4 N–H and O–H groups in total. The number of rotatable bonds is 0. The summed E-state index contributed by atoms with van der Waals surface area (Å²) in [6, 6.07) is 31.1. The Kier molecular flexibility index (Phi) is 8.89. The van der Waals surface area contributed by atoms with Gasteiger partial charge in [0.15, 0.2) is 0 Å². The Morgan fingerprint density at radius 1 is 0.340 bits per heavy atom. The molecule has 0 amide bonds. The van der Waals surface area contributed by atoms with Crippen molar-refractivity contribution >= 4 is 47.6 Å². The zero-order valence-corrected chi connectivity index (χ0v) is 26.6. The van der Waals surface area contributed by atoms with Gasteiger partial charge in [0, 0.05) is 35.1 Å². The predicted octanol–water partition coefficient (Wildman–Crippen LogP) is 7.80. The first-order valence-corrected chi connectivity index (χ1v) is 15.7. The minimum Gasteiger partial charge on any atom is -0.508 e. The number of aromatic nitrogens is 2. The van der Waals surface area contributed by atoms with Gasteiger partial charge in [-0.25, -0.2) is 9.97 Å². The zero-order valence-electron chi connectivity index (χ0n) is 26.6. The van der Waals surface area contributed by atoms with Crippen LogP contribution in [0.1, 0.15) is 45.0 Å². The van der Waals surface area contributed by atoms with Crippen LogP contribution in [0.15, 0.2) is 129 Å². The highest BCUT2D eigenvalue weighted by molar-refractivity contribution is 5.85. The van der Waals surface area contributed by atoms with Crippen LogP contribution in [0.5, 0.6) is 23.0 Å². The van der Waals surface area contributed by atoms with Crippen molar-refractivity contribution < 1.29 is 20.4 Å². The number of pyridine rings is 2. The van der Waals surface area contributed by atoms with Gasteiger partial charge in [0.05, 0.1) is 70.4 Å². The summed E-state index contributed by atoms with van der Waals surface area (Å²) in [7, 11) is 0. The van der Waals surface area contributed by atoms with Crippen LogP contribution in [0.4, 0.5) is 22.7 Å². The minimum absolute atomic E-state index is 0.0804. The number of phenolic OH excluding ortho intramolecular Hbond substituents is 4. The number of phenols is 4. The van der Waals surface area contributed by atoms with E-state index in [9.17, 15) is 20.4 Å². The van der Waals surface area contributed by atoms with Gasteiger partial charge in [0.25, 0.3) is 0 Å². The normalized spacial score (nSPS) is 12.6. The number of hydrogen-bond donors (Lipinski definition) is 4. The van der Waals surface area contributed by atoms with Gasteiger partial charge >= 0.3 is 0 Å². The van der Waals surface area contributed by atoms with Gasteiger partial charge in [-0.1, -0.05) is 12.1 Å². The first-order chi connectivity index (χ1) is 24.3. The molecule has 7 rings (SSSR count). The summed E-state index contributed by atoms with van der Waals surface area (Å²) in [5.74, 6) is 0.322. The van der Waals surface area contributed by atoms with Crippen molar-refractivity contribution in [3.63, 3.8) is 0 Å². The molecule has 3 heterocycles. The molecule has 0 spiro atoms. The average molecular weight is 659 g/mol. The van der Waals surface area contributed by atoms with Crippen LogP contribution in [0.25, 0.3) is 0 Å². The van der Waals surface area contributed by atoms with Crippen molar-refractivity contribution in [1.29, 1.82) is 0 Å². The predicted molar refractivity (Wildman–Crippen MR) is 196 cm³/mol. The third-order valence-corrected chi connectivity index (χ3v) is 7.98. The molecule has 10 heteroatoms. The van der Waals surface area contributed by atoms with Crippen LogP contribution in [0.2, 0.25) is 0 Å². The number of hydrogen-bond acceptors (Lipinski definition) is 10. The molecule has 244 valence electrons. The summed E-state index contributed by atoms with van der Waals surface area (Å²) in [6.45, 7) is 0. The van der Waals surface area contributed by atoms with Crippen LogP contribution < -0.4 is 0 Å². The van der Waals surface area contributed by atoms with Gasteiger partial charge in [-0.05, 0) is 97.1 Å². The molecule has 0 saturated carbocycles. The molecule has 6 aromatic rings. The largest absolute Gasteiger partial charge is 0.508 e. The fourth-order valence-corrected chi connectivity index (χ4v) is 5.37. The van der Waals surface area contributed by atoms with E-state index in [0.717, 1.165) is 0 Å². The van der Waals surface area contributed by atoms with Crippen molar-refractivity contribution in [3.8, 4) is 23.0 Å². The fraction of sp³-hybridized carbons (Fsp3) is 0.0500. The van der Waals surface area contributed by atoms with Crippen LogP contribution >= 0.6 is 0 Å². The number of benzene rings is 4. The molecule has 10 nitrogen and oxygen atoms in total. The lowest BCUT2D eigenvalue weighted by Crippen LogP contribution is -1.94. The van der Waals surface area contributed by atoms with Gasteiger partial charge in [0.1, 0.15) is 23.0 Å². The number of aromatic hydroxyl groups is 4. The molecule has 0 atom stereocenters. The van der Waals surface area contributed by atoms with Gasteiger partial charge < -0.3 is 20.4 Å². The quantitative estimate of drug-likeness (QED) is 0.130. The van der Waals surface area contributed by atoms with E-state index in [1.165, 1.54) is 0 Å². The molecule has 1 aliphatic rings. The van der Waals surface area contributed by atoms with Crippen LogP contribution in [0, 0.1) is 0 Å². The zero-order chi connectivity index (χ0) is 34.5. The van der Waals surface area contributed by atoms with Crippen molar-refractivity contribution in [2.75, 3.05) is 0 Å². The SMILES string of the molecule is Oc1ccc2cc1Cc1cc(ccc1O)N=Cc1cccc(n1)C=Nc1ccc(O)c(c1)Cc1cc(ccc1O)N=Cc1cccc(n1)C=N2. The monoisotopic (exact) mass is 658 g/mol. The highest BCUT2D eigenvalue weighted by Gasteiger charge is 2.11. The first kappa shape index (κ1) is 31.6. The second-order valence-electron chi connectivity index (χ2n) is 11.6. The summed E-state index contributed by atoms with van der Waals surface area (Å²) in [5, 5.41) is 42.6. The van der Waals surface area contributed by atoms with Gasteiger partial charge in [0.2, 0.25) is 0 Å². The molecular weight excluding hydrogens is 628 g/mol. The van der Waals surface area contributed by atoms with Gasteiger partial charge in [-0.2, -0.15) is 0 Å². The lowest BCUT2D eigenvalue weighted by atomic mass is 10.0. The maximum atomic E-state index is 10.6. The first-order valence-electron chi connectivity index (χ1n) is 15.7. The molecule has 1 aliphatic heterocycles. The van der Waals surface area contributed by atoms with Gasteiger partial charge in [-0.15, -0.1) is 0 Å². The van der Waals surface area contributed by atoms with E-state index >= 15 is 0 Å². The summed E-state index contributed by atoms with van der Waals surface area (Å²) in [6.07, 6.45) is 7.00. The van der Waals surface area contributed by atoms with Crippen molar-refractivity contribution in [1.82, 2.24) is 9.97 Å². The maximum Gasteiger partial charge on any atom is 0.119 e. The number of fused-ring (bicyclic) bond motifs is 12. The third-order valence-electron chi connectivity index (χ3n) is 7.98. The molecule has 0 fully saturated rings. The van der Waals surface area contributed by atoms with Crippen LogP contribution in [0.3, 0.4) is 0 Å². The molecule has 12 bridgehead atoms. The fourth-order valence-electron chi connectivity index (χ4n) is 5.37. The molecule has 2 aromatic heterocycles. The molecule has 0 saturated heterocycles. The van der Waals surface area contributed by atoms with E-state index < -0.39 is 0 Å². The topological polar surface area (TPSA) is 156 Å². The molecular formula is C40H30N6O4. The summed E-state index contributed by atoms with van der Waals surface area (Å²) in [5.41, 5.74) is 7.14. The summed E-state index contributed by atoms with van der Waals surface area (Å²) in [4.78, 5) is 27.5. The van der Waals surface area contributed by atoms with Crippen molar-refractivity contribution in [3.05, 3.63) is 154 Å². The lowest BCUT2D eigenvalue weighted by Gasteiger charge is -2.09. The molecule has 50 heavy (non-hydrogen) atoms. The smallest absolute Gasteiger partial charge is 0.119 e. The Morgan fingerprint density at radius 2 is 0.600 bits per heavy atom. The van der Waals surface area contributed by atoms with Crippen molar-refractivity contribution in [2.24, 2.45) is 20.0 Å². The molecule has 0 unspecified atom stereocenters. The highest BCUT2D eigenvalue weighted by Crippen LogP contribution is 2.32. The van der Waals surface area contributed by atoms with E-state index in [2.05, 4.69) is 29.9 Å². The summed E-state index contributed by atoms with van der Waals surface area (Å²) < 4.78 is 0. The lowest BCUT2D eigenvalue weighted by molar-refractivity contribution is 0.462. The Bertz CT molecular complexity index is 2030. The second kappa shape index (κ2) is 14.0. The third kappa shape index (κ3) is 7.61.